The van der Waals surface area contributed by atoms with Crippen molar-refractivity contribution in [1.82, 2.24) is 10.2 Å². The van der Waals surface area contributed by atoms with E-state index in [2.05, 4.69) is 12.2 Å². The summed E-state index contributed by atoms with van der Waals surface area (Å²) in [5, 5.41) is 3.29. The molecule has 0 bridgehead atoms. The second-order valence-electron chi connectivity index (χ2n) is 4.30. The third-order valence-corrected chi connectivity index (χ3v) is 2.87. The molecule has 0 aromatic heterocycles. The molecule has 1 heterocycles. The molecule has 4 heteroatoms. The minimum Gasteiger partial charge on any atom is -0.369 e. The van der Waals surface area contributed by atoms with Crippen LogP contribution in [0, 0.1) is 0 Å². The maximum Gasteiger partial charge on any atom is 0.251 e. The monoisotopic (exact) mass is 228 g/mol. The third-order valence-electron chi connectivity index (χ3n) is 2.87. The number of nitrogens with one attached hydrogen (secondary N) is 1. The first-order valence-electron chi connectivity index (χ1n) is 6.36. The maximum atomic E-state index is 12.0. The van der Waals surface area contributed by atoms with E-state index < -0.39 is 0 Å². The zero-order valence-electron chi connectivity index (χ0n) is 10.5. The first kappa shape index (κ1) is 13.5. The fraction of sp³-hybridized carbons (Fsp3) is 0.917. The van der Waals surface area contributed by atoms with Crippen LogP contribution in [0.3, 0.4) is 0 Å². The van der Waals surface area contributed by atoms with Gasteiger partial charge in [-0.25, -0.2) is 0 Å². The van der Waals surface area contributed by atoms with Gasteiger partial charge in [-0.3, -0.25) is 4.79 Å². The van der Waals surface area contributed by atoms with Gasteiger partial charge in [0.05, 0.1) is 0 Å². The number of unbranched alkanes of at least 4 members (excludes halogenated alkanes) is 1. The predicted octanol–water partition coefficient (Wildman–Crippen LogP) is 1.01. The van der Waals surface area contributed by atoms with E-state index in [9.17, 15) is 4.79 Å². The lowest BCUT2D eigenvalue weighted by Gasteiger charge is -2.23. The fourth-order valence-corrected chi connectivity index (χ4v) is 1.80. The minimum atomic E-state index is -0.287. The van der Waals surface area contributed by atoms with Crippen LogP contribution in [0.2, 0.25) is 0 Å². The van der Waals surface area contributed by atoms with E-state index >= 15 is 0 Å². The minimum absolute atomic E-state index is 0.139. The Labute approximate surface area is 98.3 Å². The van der Waals surface area contributed by atoms with Crippen molar-refractivity contribution in [2.75, 3.05) is 32.8 Å². The van der Waals surface area contributed by atoms with Gasteiger partial charge in [0.1, 0.15) is 6.10 Å². The van der Waals surface area contributed by atoms with Crippen LogP contribution in [-0.2, 0) is 9.53 Å². The summed E-state index contributed by atoms with van der Waals surface area (Å²) in [7, 11) is 0. The Bertz CT molecular complexity index is 201. The number of ether oxygens (including phenoxy) is 1. The van der Waals surface area contributed by atoms with Crippen molar-refractivity contribution in [2.45, 2.75) is 39.2 Å². The van der Waals surface area contributed by atoms with Crippen molar-refractivity contribution >= 4 is 5.91 Å². The first-order chi connectivity index (χ1) is 7.75. The van der Waals surface area contributed by atoms with E-state index in [1.165, 1.54) is 0 Å². The molecule has 0 aromatic carbocycles. The second-order valence-corrected chi connectivity index (χ2v) is 4.30. The summed E-state index contributed by atoms with van der Waals surface area (Å²) in [6, 6.07) is 0. The Morgan fingerprint density at radius 2 is 2.25 bits per heavy atom. The normalized spacial score (nSPS) is 19.2. The number of amides is 1. The van der Waals surface area contributed by atoms with Gasteiger partial charge in [0.25, 0.3) is 5.91 Å². The molecule has 0 aromatic rings. The highest BCUT2D eigenvalue weighted by Gasteiger charge is 2.21. The van der Waals surface area contributed by atoms with Crippen LogP contribution in [0.4, 0.5) is 0 Å². The largest absolute Gasteiger partial charge is 0.369 e. The van der Waals surface area contributed by atoms with Crippen LogP contribution in [0.5, 0.6) is 0 Å². The Morgan fingerprint density at radius 1 is 1.44 bits per heavy atom. The molecule has 1 aliphatic rings. The molecule has 16 heavy (non-hydrogen) atoms. The topological polar surface area (TPSA) is 41.6 Å². The average molecular weight is 228 g/mol. The average Bonchev–Trinajstić information content (AvgIpc) is 2.56. The number of nitrogens with zero attached hydrogens (tertiary/aromatic N) is 1. The van der Waals surface area contributed by atoms with Gasteiger partial charge < -0.3 is 15.0 Å². The van der Waals surface area contributed by atoms with Crippen LogP contribution in [0.1, 0.15) is 33.1 Å². The molecule has 1 aliphatic heterocycles. The van der Waals surface area contributed by atoms with Crippen molar-refractivity contribution in [2.24, 2.45) is 0 Å². The summed E-state index contributed by atoms with van der Waals surface area (Å²) >= 11 is 0. The molecule has 1 fully saturated rings. The van der Waals surface area contributed by atoms with Crippen molar-refractivity contribution in [3.8, 4) is 0 Å². The number of hydrogen-bond acceptors (Lipinski definition) is 3. The fourth-order valence-electron chi connectivity index (χ4n) is 1.80. The molecule has 1 rings (SSSR count). The highest BCUT2D eigenvalue weighted by molar-refractivity contribution is 5.80. The molecule has 0 saturated carbocycles. The Hall–Kier alpha value is -0.610. The van der Waals surface area contributed by atoms with Gasteiger partial charge in [0.15, 0.2) is 0 Å². The van der Waals surface area contributed by atoms with E-state index in [1.807, 2.05) is 11.8 Å². The van der Waals surface area contributed by atoms with Crippen molar-refractivity contribution in [3.05, 3.63) is 0 Å². The summed E-state index contributed by atoms with van der Waals surface area (Å²) in [5.41, 5.74) is 0. The lowest BCUT2D eigenvalue weighted by Crippen LogP contribution is -2.41. The molecule has 94 valence electrons. The summed E-state index contributed by atoms with van der Waals surface area (Å²) in [5.74, 6) is 0.139. The maximum absolute atomic E-state index is 12.0. The Kier molecular flexibility index (Phi) is 6.42. The van der Waals surface area contributed by atoms with Gasteiger partial charge in [-0.15, -0.1) is 0 Å². The number of carbonyl (C=O) groups excluding carboxylic acids is 1. The van der Waals surface area contributed by atoms with E-state index in [4.69, 9.17) is 4.74 Å². The molecular weight excluding hydrogens is 204 g/mol. The van der Waals surface area contributed by atoms with Gasteiger partial charge in [-0.05, 0) is 26.3 Å². The number of carbonyl (C=O) groups is 1. The van der Waals surface area contributed by atoms with Gasteiger partial charge in [-0.2, -0.15) is 0 Å². The summed E-state index contributed by atoms with van der Waals surface area (Å²) in [6.45, 7) is 8.23. The molecule has 1 saturated heterocycles. The SMILES string of the molecule is CCCCOC(C)C(=O)N1CCCNCC1. The molecule has 1 N–H and O–H groups in total. The molecule has 0 spiro atoms. The quantitative estimate of drug-likeness (QED) is 0.714. The predicted molar refractivity (Wildman–Crippen MR) is 64.4 cm³/mol. The van der Waals surface area contributed by atoms with Crippen molar-refractivity contribution in [1.29, 1.82) is 0 Å². The molecule has 0 aliphatic carbocycles. The van der Waals surface area contributed by atoms with Crippen molar-refractivity contribution in [3.63, 3.8) is 0 Å². The van der Waals surface area contributed by atoms with E-state index in [0.717, 1.165) is 45.4 Å². The van der Waals surface area contributed by atoms with E-state index in [1.54, 1.807) is 0 Å². The number of rotatable bonds is 5. The Balaban J connectivity index is 2.30. The second kappa shape index (κ2) is 7.63. The van der Waals surface area contributed by atoms with Gasteiger partial charge in [-0.1, -0.05) is 13.3 Å². The molecule has 1 amide bonds. The van der Waals surface area contributed by atoms with E-state index in [0.29, 0.717) is 6.61 Å². The highest BCUT2D eigenvalue weighted by Crippen LogP contribution is 2.03. The van der Waals surface area contributed by atoms with Crippen LogP contribution < -0.4 is 5.32 Å². The van der Waals surface area contributed by atoms with Gasteiger partial charge in [0.2, 0.25) is 0 Å². The van der Waals surface area contributed by atoms with Gasteiger partial charge >= 0.3 is 0 Å². The van der Waals surface area contributed by atoms with Crippen LogP contribution in [0.25, 0.3) is 0 Å². The molecule has 1 atom stereocenters. The lowest BCUT2D eigenvalue weighted by molar-refractivity contribution is -0.142. The molecule has 1 unspecified atom stereocenters. The first-order valence-corrected chi connectivity index (χ1v) is 6.36. The van der Waals surface area contributed by atoms with Crippen LogP contribution >= 0.6 is 0 Å². The third kappa shape index (κ3) is 4.49. The van der Waals surface area contributed by atoms with Crippen LogP contribution in [-0.4, -0.2) is 49.7 Å². The molecule has 4 nitrogen and oxygen atoms in total. The lowest BCUT2D eigenvalue weighted by atomic mass is 10.3. The molecular formula is C12H24N2O2. The van der Waals surface area contributed by atoms with E-state index in [-0.39, 0.29) is 12.0 Å². The van der Waals surface area contributed by atoms with Crippen molar-refractivity contribution < 1.29 is 9.53 Å². The highest BCUT2D eigenvalue weighted by atomic mass is 16.5. The number of hydrogen-bond donors (Lipinski definition) is 1. The summed E-state index contributed by atoms with van der Waals surface area (Å²) in [4.78, 5) is 13.9. The summed E-state index contributed by atoms with van der Waals surface area (Å²) in [6.07, 6.45) is 2.88. The Morgan fingerprint density at radius 3 is 3.00 bits per heavy atom. The smallest absolute Gasteiger partial charge is 0.251 e. The van der Waals surface area contributed by atoms with Gasteiger partial charge in [0, 0.05) is 26.2 Å². The standard InChI is InChI=1S/C12H24N2O2/c1-3-4-10-16-11(2)12(15)14-8-5-6-13-7-9-14/h11,13H,3-10H2,1-2H3. The zero-order chi connectivity index (χ0) is 11.8. The molecule has 0 radical (unpaired) electrons. The van der Waals surface area contributed by atoms with Crippen LogP contribution in [0.15, 0.2) is 0 Å². The zero-order valence-corrected chi connectivity index (χ0v) is 10.5. The summed E-state index contributed by atoms with van der Waals surface area (Å²) < 4.78 is 5.53.